The lowest BCUT2D eigenvalue weighted by molar-refractivity contribution is 0.317. The van der Waals surface area contributed by atoms with Crippen molar-refractivity contribution in [1.29, 1.82) is 0 Å². The lowest BCUT2D eigenvalue weighted by atomic mass is 10.1. The molecule has 1 aromatic rings. The van der Waals surface area contributed by atoms with Crippen LogP contribution in [-0.4, -0.2) is 12.6 Å². The second-order valence-corrected chi connectivity index (χ2v) is 4.77. The molecule has 1 N–H and O–H groups in total. The van der Waals surface area contributed by atoms with Crippen molar-refractivity contribution in [3.63, 3.8) is 0 Å². The number of unbranched alkanes of at least 4 members (excludes halogenated alkanes) is 1. The van der Waals surface area contributed by atoms with Gasteiger partial charge in [0.05, 0.1) is 6.61 Å². The molecule has 2 heteroatoms. The van der Waals surface area contributed by atoms with E-state index >= 15 is 0 Å². The summed E-state index contributed by atoms with van der Waals surface area (Å²) >= 11 is 0. The molecule has 0 bridgehead atoms. The van der Waals surface area contributed by atoms with E-state index in [2.05, 4.69) is 44.3 Å². The van der Waals surface area contributed by atoms with Crippen LogP contribution < -0.4 is 10.1 Å². The summed E-state index contributed by atoms with van der Waals surface area (Å²) in [6, 6.07) is 8.87. The number of anilines is 1. The molecule has 0 aliphatic heterocycles. The Bertz CT molecular complexity index is 325. The molecule has 2 nitrogen and oxygen atoms in total. The van der Waals surface area contributed by atoms with Gasteiger partial charge in [-0.1, -0.05) is 39.7 Å². The summed E-state index contributed by atoms with van der Waals surface area (Å²) in [6.07, 6.45) is 6.01. The van der Waals surface area contributed by atoms with Gasteiger partial charge in [-0.05, 0) is 31.4 Å². The summed E-state index contributed by atoms with van der Waals surface area (Å²) in [5.74, 6) is 0.965. The van der Waals surface area contributed by atoms with Crippen molar-refractivity contribution in [2.45, 2.75) is 58.9 Å². The van der Waals surface area contributed by atoms with E-state index in [0.717, 1.165) is 18.8 Å². The maximum atomic E-state index is 5.65. The van der Waals surface area contributed by atoms with Crippen LogP contribution in [0.1, 0.15) is 52.9 Å². The van der Waals surface area contributed by atoms with Crippen molar-refractivity contribution in [1.82, 2.24) is 0 Å². The molecule has 0 fully saturated rings. The van der Waals surface area contributed by atoms with Gasteiger partial charge in [-0.3, -0.25) is 0 Å². The first-order chi connectivity index (χ1) is 8.80. The minimum atomic E-state index is 0.575. The quantitative estimate of drug-likeness (QED) is 0.675. The van der Waals surface area contributed by atoms with Crippen LogP contribution >= 0.6 is 0 Å². The molecular weight excluding hydrogens is 222 g/mol. The molecule has 0 radical (unpaired) electrons. The monoisotopic (exact) mass is 249 g/mol. The minimum Gasteiger partial charge on any atom is -0.494 e. The van der Waals surface area contributed by atoms with Crippen LogP contribution in [0.3, 0.4) is 0 Å². The van der Waals surface area contributed by atoms with Gasteiger partial charge in [0.2, 0.25) is 0 Å². The van der Waals surface area contributed by atoms with Gasteiger partial charge >= 0.3 is 0 Å². The Hall–Kier alpha value is -1.18. The highest BCUT2D eigenvalue weighted by molar-refractivity contribution is 5.48. The van der Waals surface area contributed by atoms with E-state index in [9.17, 15) is 0 Å². The summed E-state index contributed by atoms with van der Waals surface area (Å²) in [6.45, 7) is 7.40. The van der Waals surface area contributed by atoms with Gasteiger partial charge in [-0.15, -0.1) is 0 Å². The molecule has 18 heavy (non-hydrogen) atoms. The number of benzene rings is 1. The molecular formula is C16H27NO. The largest absolute Gasteiger partial charge is 0.494 e. The third-order valence-corrected chi connectivity index (χ3v) is 3.08. The molecule has 0 saturated carbocycles. The van der Waals surface area contributed by atoms with Crippen molar-refractivity contribution in [2.75, 3.05) is 11.9 Å². The zero-order valence-electron chi connectivity index (χ0n) is 12.0. The summed E-state index contributed by atoms with van der Waals surface area (Å²) in [7, 11) is 0. The summed E-state index contributed by atoms with van der Waals surface area (Å²) in [5, 5.41) is 3.60. The van der Waals surface area contributed by atoms with E-state index in [0.29, 0.717) is 6.04 Å². The second kappa shape index (κ2) is 8.84. The summed E-state index contributed by atoms with van der Waals surface area (Å²) in [4.78, 5) is 0. The van der Waals surface area contributed by atoms with Gasteiger partial charge in [0.15, 0.2) is 0 Å². The molecule has 0 aliphatic carbocycles. The standard InChI is InChI=1S/C16H27NO/c1-4-7-9-14(6-3)17-15-10-8-11-16(13-15)18-12-5-2/h8,10-11,13-14,17H,4-7,9,12H2,1-3H3. The average molecular weight is 249 g/mol. The molecule has 0 heterocycles. The molecule has 1 unspecified atom stereocenters. The van der Waals surface area contributed by atoms with Gasteiger partial charge in [0, 0.05) is 17.8 Å². The zero-order chi connectivity index (χ0) is 13.2. The van der Waals surface area contributed by atoms with E-state index in [4.69, 9.17) is 4.74 Å². The number of hydrogen-bond acceptors (Lipinski definition) is 2. The van der Waals surface area contributed by atoms with Crippen LogP contribution in [0.25, 0.3) is 0 Å². The lowest BCUT2D eigenvalue weighted by Crippen LogP contribution is -2.18. The minimum absolute atomic E-state index is 0.575. The Morgan fingerprint density at radius 2 is 2.00 bits per heavy atom. The van der Waals surface area contributed by atoms with E-state index in [1.165, 1.54) is 31.4 Å². The molecule has 102 valence electrons. The SMILES string of the molecule is CCCCC(CC)Nc1cccc(OCCC)c1. The van der Waals surface area contributed by atoms with Crippen LogP contribution in [-0.2, 0) is 0 Å². The first-order valence-corrected chi connectivity index (χ1v) is 7.29. The maximum Gasteiger partial charge on any atom is 0.121 e. The third-order valence-electron chi connectivity index (χ3n) is 3.08. The van der Waals surface area contributed by atoms with E-state index < -0.39 is 0 Å². The first kappa shape index (κ1) is 14.9. The molecule has 1 rings (SSSR count). The van der Waals surface area contributed by atoms with Crippen LogP contribution in [0.5, 0.6) is 5.75 Å². The van der Waals surface area contributed by atoms with Gasteiger partial charge in [-0.25, -0.2) is 0 Å². The number of ether oxygens (including phenoxy) is 1. The third kappa shape index (κ3) is 5.44. The van der Waals surface area contributed by atoms with Crippen molar-refractivity contribution in [3.8, 4) is 5.75 Å². The average Bonchev–Trinajstić information content (AvgIpc) is 2.41. The topological polar surface area (TPSA) is 21.3 Å². The van der Waals surface area contributed by atoms with Gasteiger partial charge in [-0.2, -0.15) is 0 Å². The Labute approximate surface area is 112 Å². The Kier molecular flexibility index (Phi) is 7.31. The number of nitrogens with one attached hydrogen (secondary N) is 1. The van der Waals surface area contributed by atoms with E-state index in [1.54, 1.807) is 0 Å². The van der Waals surface area contributed by atoms with Crippen LogP contribution in [0, 0.1) is 0 Å². The molecule has 0 aromatic heterocycles. The van der Waals surface area contributed by atoms with Gasteiger partial charge in [0.1, 0.15) is 5.75 Å². The van der Waals surface area contributed by atoms with Crippen molar-refractivity contribution in [3.05, 3.63) is 24.3 Å². The van der Waals surface area contributed by atoms with Gasteiger partial charge < -0.3 is 10.1 Å². The fourth-order valence-corrected chi connectivity index (χ4v) is 1.96. The highest BCUT2D eigenvalue weighted by Gasteiger charge is 2.05. The van der Waals surface area contributed by atoms with E-state index in [-0.39, 0.29) is 0 Å². The Morgan fingerprint density at radius 3 is 2.67 bits per heavy atom. The molecule has 0 aliphatic rings. The summed E-state index contributed by atoms with van der Waals surface area (Å²) in [5.41, 5.74) is 1.17. The van der Waals surface area contributed by atoms with Gasteiger partial charge in [0.25, 0.3) is 0 Å². The van der Waals surface area contributed by atoms with Crippen LogP contribution in [0.15, 0.2) is 24.3 Å². The van der Waals surface area contributed by atoms with Crippen molar-refractivity contribution < 1.29 is 4.74 Å². The lowest BCUT2D eigenvalue weighted by Gasteiger charge is -2.18. The molecule has 0 saturated heterocycles. The number of rotatable bonds is 9. The fourth-order valence-electron chi connectivity index (χ4n) is 1.96. The van der Waals surface area contributed by atoms with Crippen molar-refractivity contribution >= 4 is 5.69 Å². The predicted octanol–water partition coefficient (Wildman–Crippen LogP) is 4.86. The fraction of sp³-hybridized carbons (Fsp3) is 0.625. The van der Waals surface area contributed by atoms with Crippen LogP contribution in [0.4, 0.5) is 5.69 Å². The predicted molar refractivity (Wildman–Crippen MR) is 79.5 cm³/mol. The summed E-state index contributed by atoms with van der Waals surface area (Å²) < 4.78 is 5.65. The van der Waals surface area contributed by atoms with E-state index in [1.807, 2.05) is 6.07 Å². The van der Waals surface area contributed by atoms with Crippen molar-refractivity contribution in [2.24, 2.45) is 0 Å². The molecule has 1 atom stereocenters. The number of hydrogen-bond donors (Lipinski definition) is 1. The second-order valence-electron chi connectivity index (χ2n) is 4.77. The first-order valence-electron chi connectivity index (χ1n) is 7.29. The molecule has 0 spiro atoms. The Balaban J connectivity index is 2.53. The highest BCUT2D eigenvalue weighted by atomic mass is 16.5. The zero-order valence-corrected chi connectivity index (χ0v) is 12.0. The molecule has 1 aromatic carbocycles. The Morgan fingerprint density at radius 1 is 1.17 bits per heavy atom. The van der Waals surface area contributed by atoms with Crippen LogP contribution in [0.2, 0.25) is 0 Å². The normalized spacial score (nSPS) is 12.2. The maximum absolute atomic E-state index is 5.65. The highest BCUT2D eigenvalue weighted by Crippen LogP contribution is 2.20. The molecule has 0 amide bonds. The smallest absolute Gasteiger partial charge is 0.121 e.